The lowest BCUT2D eigenvalue weighted by molar-refractivity contribution is 0.481. The first-order valence-corrected chi connectivity index (χ1v) is 3.94. The zero-order chi connectivity index (χ0) is 9.26. The quantitative estimate of drug-likeness (QED) is 0.658. The van der Waals surface area contributed by atoms with Crippen LogP contribution in [-0.4, -0.2) is 5.11 Å². The molecule has 0 amide bonds. The van der Waals surface area contributed by atoms with E-state index in [1.807, 2.05) is 6.07 Å². The largest absolute Gasteiger partial charge is 0.507 e. The van der Waals surface area contributed by atoms with E-state index < -0.39 is 0 Å². The number of hydrogen-bond acceptors (Lipinski definition) is 2. The number of hydrogen-bond donors (Lipinski definition) is 1. The van der Waals surface area contributed by atoms with Crippen molar-refractivity contribution < 1.29 is 5.11 Å². The summed E-state index contributed by atoms with van der Waals surface area (Å²) >= 11 is 0. The molecule has 0 bridgehead atoms. The molecule has 13 heavy (non-hydrogen) atoms. The zero-order valence-electron chi connectivity index (χ0n) is 6.86. The maximum absolute atomic E-state index is 9.48. The van der Waals surface area contributed by atoms with Crippen molar-refractivity contribution in [2.24, 2.45) is 0 Å². The van der Waals surface area contributed by atoms with E-state index in [0.29, 0.717) is 5.56 Å². The first kappa shape index (κ1) is 7.63. The fourth-order valence-corrected chi connectivity index (χ4v) is 1.39. The molecule has 2 nitrogen and oxygen atoms in total. The Morgan fingerprint density at radius 2 is 1.69 bits per heavy atom. The van der Waals surface area contributed by atoms with Crippen LogP contribution in [0.4, 0.5) is 0 Å². The monoisotopic (exact) mass is 169 g/mol. The highest BCUT2D eigenvalue weighted by molar-refractivity contribution is 5.92. The average molecular weight is 169 g/mol. The summed E-state index contributed by atoms with van der Waals surface area (Å²) in [6.45, 7) is 0. The number of phenols is 1. The first-order valence-electron chi connectivity index (χ1n) is 3.94. The van der Waals surface area contributed by atoms with Gasteiger partial charge in [-0.3, -0.25) is 0 Å². The van der Waals surface area contributed by atoms with Crippen LogP contribution in [0.2, 0.25) is 0 Å². The van der Waals surface area contributed by atoms with Crippen molar-refractivity contribution in [1.82, 2.24) is 0 Å². The number of nitriles is 1. The summed E-state index contributed by atoms with van der Waals surface area (Å²) in [5, 5.41) is 19.8. The molecule has 0 aliphatic carbocycles. The van der Waals surface area contributed by atoms with E-state index in [0.717, 1.165) is 10.8 Å². The van der Waals surface area contributed by atoms with Crippen molar-refractivity contribution in [3.8, 4) is 11.8 Å². The number of aromatic hydroxyl groups is 1. The van der Waals surface area contributed by atoms with Crippen LogP contribution in [0.25, 0.3) is 10.8 Å². The van der Waals surface area contributed by atoms with Gasteiger partial charge in [-0.05, 0) is 12.1 Å². The molecule has 0 unspecified atom stereocenters. The van der Waals surface area contributed by atoms with Gasteiger partial charge in [-0.1, -0.05) is 24.3 Å². The highest BCUT2D eigenvalue weighted by Gasteiger charge is 2.01. The Labute approximate surface area is 75.7 Å². The highest BCUT2D eigenvalue weighted by atomic mass is 16.3. The summed E-state index contributed by atoms with van der Waals surface area (Å²) < 4.78 is 0. The summed E-state index contributed by atoms with van der Waals surface area (Å²) in [5.74, 6) is 0.217. The van der Waals surface area contributed by atoms with E-state index >= 15 is 0 Å². The van der Waals surface area contributed by atoms with Gasteiger partial charge in [0, 0.05) is 10.8 Å². The third-order valence-corrected chi connectivity index (χ3v) is 2.02. The van der Waals surface area contributed by atoms with Crippen molar-refractivity contribution in [2.75, 3.05) is 0 Å². The Hall–Kier alpha value is -2.01. The van der Waals surface area contributed by atoms with Crippen LogP contribution >= 0.6 is 0 Å². The first-order chi connectivity index (χ1) is 6.33. The van der Waals surface area contributed by atoms with Gasteiger partial charge in [-0.25, -0.2) is 0 Å². The molecule has 0 atom stereocenters. The predicted molar refractivity (Wildman–Crippen MR) is 50.3 cm³/mol. The van der Waals surface area contributed by atoms with Crippen LogP contribution in [-0.2, 0) is 0 Å². The Balaban J connectivity index is 2.94. The second-order valence-electron chi connectivity index (χ2n) is 2.79. The third-order valence-electron chi connectivity index (χ3n) is 2.02. The van der Waals surface area contributed by atoms with E-state index in [4.69, 9.17) is 5.26 Å². The second kappa shape index (κ2) is 2.80. The molecule has 0 aliphatic rings. The number of phenolic OH excluding ortho intramolecular Hbond substituents is 1. The van der Waals surface area contributed by atoms with Gasteiger partial charge in [0.1, 0.15) is 5.75 Å². The molecule has 2 heteroatoms. The van der Waals surface area contributed by atoms with Gasteiger partial charge >= 0.3 is 0 Å². The molecule has 2 aromatic carbocycles. The molecule has 0 radical (unpaired) electrons. The molecule has 0 aliphatic heterocycles. The minimum absolute atomic E-state index is 0.217. The molecule has 0 heterocycles. The summed E-state index contributed by atoms with van der Waals surface area (Å²) in [7, 11) is 0. The molecule has 0 saturated carbocycles. The fraction of sp³-hybridized carbons (Fsp3) is 0. The van der Waals surface area contributed by atoms with Crippen LogP contribution in [0.15, 0.2) is 36.4 Å². The van der Waals surface area contributed by atoms with Crippen LogP contribution in [0, 0.1) is 11.3 Å². The molecule has 62 valence electrons. The molecule has 2 rings (SSSR count). The SMILES string of the molecule is N#Cc1cccc2c(O)cccc12. The molecule has 0 spiro atoms. The molecular weight excluding hydrogens is 162 g/mol. The lowest BCUT2D eigenvalue weighted by Gasteiger charge is -2.00. The van der Waals surface area contributed by atoms with Crippen LogP contribution in [0.1, 0.15) is 5.56 Å². The van der Waals surface area contributed by atoms with E-state index in [1.54, 1.807) is 30.3 Å². The lowest BCUT2D eigenvalue weighted by atomic mass is 10.1. The number of benzene rings is 2. The molecule has 2 aromatic rings. The molecule has 1 N–H and O–H groups in total. The summed E-state index contributed by atoms with van der Waals surface area (Å²) in [5.41, 5.74) is 0.591. The minimum Gasteiger partial charge on any atom is -0.507 e. The third kappa shape index (κ3) is 1.11. The average Bonchev–Trinajstić information content (AvgIpc) is 2.18. The number of fused-ring (bicyclic) bond motifs is 1. The zero-order valence-corrected chi connectivity index (χ0v) is 6.86. The van der Waals surface area contributed by atoms with Gasteiger partial charge in [-0.15, -0.1) is 0 Å². The Morgan fingerprint density at radius 1 is 1.00 bits per heavy atom. The van der Waals surface area contributed by atoms with Crippen molar-refractivity contribution in [2.45, 2.75) is 0 Å². The standard InChI is InChI=1S/C11H7NO/c12-7-8-3-1-5-10-9(8)4-2-6-11(10)13/h1-6,13H. The van der Waals surface area contributed by atoms with Crippen LogP contribution in [0.3, 0.4) is 0 Å². The predicted octanol–water partition coefficient (Wildman–Crippen LogP) is 2.42. The Bertz CT molecular complexity index is 497. The Kier molecular flexibility index (Phi) is 1.64. The fourth-order valence-electron chi connectivity index (χ4n) is 1.39. The topological polar surface area (TPSA) is 44.0 Å². The van der Waals surface area contributed by atoms with Crippen molar-refractivity contribution in [3.63, 3.8) is 0 Å². The van der Waals surface area contributed by atoms with E-state index in [9.17, 15) is 5.11 Å². The maximum atomic E-state index is 9.48. The maximum Gasteiger partial charge on any atom is 0.123 e. The van der Waals surface area contributed by atoms with Gasteiger partial charge < -0.3 is 5.11 Å². The van der Waals surface area contributed by atoms with E-state index in [2.05, 4.69) is 6.07 Å². The van der Waals surface area contributed by atoms with Gasteiger partial charge in [0.15, 0.2) is 0 Å². The smallest absolute Gasteiger partial charge is 0.123 e. The van der Waals surface area contributed by atoms with Crippen molar-refractivity contribution in [1.29, 1.82) is 5.26 Å². The molecule has 0 saturated heterocycles. The summed E-state index contributed by atoms with van der Waals surface area (Å²) in [6, 6.07) is 12.6. The van der Waals surface area contributed by atoms with Gasteiger partial charge in [-0.2, -0.15) is 5.26 Å². The second-order valence-corrected chi connectivity index (χ2v) is 2.79. The number of nitrogens with zero attached hydrogens (tertiary/aromatic N) is 1. The van der Waals surface area contributed by atoms with Crippen molar-refractivity contribution in [3.05, 3.63) is 42.0 Å². The van der Waals surface area contributed by atoms with Crippen LogP contribution < -0.4 is 0 Å². The normalized spacial score (nSPS) is 9.77. The minimum atomic E-state index is 0.217. The molecule has 0 fully saturated rings. The highest BCUT2D eigenvalue weighted by Crippen LogP contribution is 2.26. The van der Waals surface area contributed by atoms with Gasteiger partial charge in [0.05, 0.1) is 11.6 Å². The molecule has 0 aromatic heterocycles. The van der Waals surface area contributed by atoms with Gasteiger partial charge in [0.2, 0.25) is 0 Å². The number of rotatable bonds is 0. The van der Waals surface area contributed by atoms with E-state index in [-0.39, 0.29) is 5.75 Å². The van der Waals surface area contributed by atoms with Crippen LogP contribution in [0.5, 0.6) is 5.75 Å². The summed E-state index contributed by atoms with van der Waals surface area (Å²) in [6.07, 6.45) is 0. The lowest BCUT2D eigenvalue weighted by Crippen LogP contribution is -1.78. The molecular formula is C11H7NO. The Morgan fingerprint density at radius 3 is 2.46 bits per heavy atom. The van der Waals surface area contributed by atoms with E-state index in [1.165, 1.54) is 0 Å². The summed E-state index contributed by atoms with van der Waals surface area (Å²) in [4.78, 5) is 0. The van der Waals surface area contributed by atoms with Crippen molar-refractivity contribution >= 4 is 10.8 Å². The van der Waals surface area contributed by atoms with Gasteiger partial charge in [0.25, 0.3) is 0 Å².